The quantitative estimate of drug-likeness (QED) is 0.663. The molecule has 1 aromatic heterocycles. The van der Waals surface area contributed by atoms with Crippen molar-refractivity contribution in [1.82, 2.24) is 20.8 Å². The largest absolute Gasteiger partial charge is 0.351 e. The van der Waals surface area contributed by atoms with Gasteiger partial charge in [-0.1, -0.05) is 11.2 Å². The molecule has 0 aliphatic rings. The van der Waals surface area contributed by atoms with Gasteiger partial charge in [0.05, 0.1) is 6.04 Å². The molecule has 1 rings (SSSR count). The molecule has 0 aliphatic heterocycles. The summed E-state index contributed by atoms with van der Waals surface area (Å²) in [5.41, 5.74) is 0. The summed E-state index contributed by atoms with van der Waals surface area (Å²) in [5.74, 6) is 1.15. The van der Waals surface area contributed by atoms with E-state index in [1.807, 2.05) is 0 Å². The van der Waals surface area contributed by atoms with Gasteiger partial charge >= 0.3 is 0 Å². The lowest BCUT2D eigenvalue weighted by Gasteiger charge is -2.12. The first-order valence-electron chi connectivity index (χ1n) is 5.54. The molecule has 0 saturated heterocycles. The van der Waals surface area contributed by atoms with Crippen molar-refractivity contribution in [2.45, 2.75) is 26.3 Å². The Morgan fingerprint density at radius 2 is 2.41 bits per heavy atom. The third-order valence-electron chi connectivity index (χ3n) is 2.17. The van der Waals surface area contributed by atoms with Crippen molar-refractivity contribution in [2.75, 3.05) is 13.1 Å². The van der Waals surface area contributed by atoms with Gasteiger partial charge < -0.3 is 15.2 Å². The standard InChI is InChI=1S/C11H18N4O2/c1-4-6-13-11(16)8(2)12-7-5-10-14-9(3)15-17-10/h4,8,12H,1,5-7H2,2-3H3,(H,13,16). The molecule has 0 fully saturated rings. The van der Waals surface area contributed by atoms with E-state index in [2.05, 4.69) is 27.4 Å². The molecule has 1 aromatic rings. The number of carbonyl (C=O) groups is 1. The predicted molar refractivity (Wildman–Crippen MR) is 63.4 cm³/mol. The van der Waals surface area contributed by atoms with E-state index in [0.717, 1.165) is 0 Å². The lowest BCUT2D eigenvalue weighted by Crippen LogP contribution is -2.42. The van der Waals surface area contributed by atoms with Gasteiger partial charge in [-0.3, -0.25) is 4.79 Å². The summed E-state index contributed by atoms with van der Waals surface area (Å²) in [4.78, 5) is 15.5. The molecule has 0 aliphatic carbocycles. The van der Waals surface area contributed by atoms with Crippen LogP contribution in [0, 0.1) is 6.92 Å². The molecule has 6 nitrogen and oxygen atoms in total. The van der Waals surface area contributed by atoms with Crippen LogP contribution in [0.3, 0.4) is 0 Å². The molecule has 0 radical (unpaired) electrons. The van der Waals surface area contributed by atoms with Crippen molar-refractivity contribution < 1.29 is 9.32 Å². The van der Waals surface area contributed by atoms with E-state index < -0.39 is 0 Å². The Kier molecular flexibility index (Phi) is 5.35. The predicted octanol–water partition coefficient (Wildman–Crippen LogP) is 0.201. The molecule has 1 amide bonds. The molecule has 6 heteroatoms. The van der Waals surface area contributed by atoms with Crippen LogP contribution in [0.25, 0.3) is 0 Å². The second-order valence-corrected chi connectivity index (χ2v) is 3.69. The normalized spacial score (nSPS) is 12.1. The average molecular weight is 238 g/mol. The summed E-state index contributed by atoms with van der Waals surface area (Å²) in [7, 11) is 0. The van der Waals surface area contributed by atoms with Crippen molar-refractivity contribution >= 4 is 5.91 Å². The van der Waals surface area contributed by atoms with Gasteiger partial charge in [-0.05, 0) is 13.8 Å². The van der Waals surface area contributed by atoms with E-state index in [-0.39, 0.29) is 11.9 Å². The fraction of sp³-hybridized carbons (Fsp3) is 0.545. The van der Waals surface area contributed by atoms with Crippen molar-refractivity contribution in [3.05, 3.63) is 24.4 Å². The van der Waals surface area contributed by atoms with E-state index in [0.29, 0.717) is 31.2 Å². The maximum absolute atomic E-state index is 11.5. The van der Waals surface area contributed by atoms with Crippen LogP contribution in [0.5, 0.6) is 0 Å². The van der Waals surface area contributed by atoms with Crippen LogP contribution in [-0.2, 0) is 11.2 Å². The zero-order chi connectivity index (χ0) is 12.7. The minimum Gasteiger partial charge on any atom is -0.351 e. The van der Waals surface area contributed by atoms with E-state index in [1.165, 1.54) is 0 Å². The molecular formula is C11H18N4O2. The van der Waals surface area contributed by atoms with Crippen LogP contribution in [0.2, 0.25) is 0 Å². The Hall–Kier alpha value is -1.69. The monoisotopic (exact) mass is 238 g/mol. The van der Waals surface area contributed by atoms with Gasteiger partial charge in [0.25, 0.3) is 0 Å². The van der Waals surface area contributed by atoms with Crippen molar-refractivity contribution in [1.29, 1.82) is 0 Å². The Morgan fingerprint density at radius 1 is 1.65 bits per heavy atom. The first-order chi connectivity index (χ1) is 8.13. The zero-order valence-corrected chi connectivity index (χ0v) is 10.2. The number of aryl methyl sites for hydroxylation is 1. The average Bonchev–Trinajstić information content (AvgIpc) is 2.71. The minimum absolute atomic E-state index is 0.0494. The molecule has 94 valence electrons. The van der Waals surface area contributed by atoms with Crippen LogP contribution in [0.1, 0.15) is 18.6 Å². The molecular weight excluding hydrogens is 220 g/mol. The zero-order valence-electron chi connectivity index (χ0n) is 10.2. The molecule has 0 spiro atoms. The molecule has 0 saturated carbocycles. The molecule has 2 N–H and O–H groups in total. The number of carbonyl (C=O) groups excluding carboxylic acids is 1. The number of aromatic nitrogens is 2. The highest BCUT2D eigenvalue weighted by atomic mass is 16.5. The van der Waals surface area contributed by atoms with Crippen LogP contribution in [-0.4, -0.2) is 35.2 Å². The fourth-order valence-electron chi connectivity index (χ4n) is 1.26. The van der Waals surface area contributed by atoms with Gasteiger partial charge in [0, 0.05) is 19.5 Å². The Balaban J connectivity index is 2.21. The van der Waals surface area contributed by atoms with Gasteiger partial charge in [-0.15, -0.1) is 6.58 Å². The minimum atomic E-state index is -0.251. The number of amides is 1. The summed E-state index contributed by atoms with van der Waals surface area (Å²) in [6.45, 7) is 8.20. The number of rotatable bonds is 7. The van der Waals surface area contributed by atoms with Crippen LogP contribution >= 0.6 is 0 Å². The Morgan fingerprint density at radius 3 is 3.00 bits per heavy atom. The number of hydrogen-bond acceptors (Lipinski definition) is 5. The van der Waals surface area contributed by atoms with Crippen molar-refractivity contribution in [2.24, 2.45) is 0 Å². The summed E-state index contributed by atoms with van der Waals surface area (Å²) < 4.78 is 4.96. The summed E-state index contributed by atoms with van der Waals surface area (Å²) in [6, 6.07) is -0.251. The van der Waals surface area contributed by atoms with E-state index in [9.17, 15) is 4.79 Å². The van der Waals surface area contributed by atoms with E-state index in [1.54, 1.807) is 19.9 Å². The first kappa shape index (κ1) is 13.4. The Bertz CT molecular complexity index is 375. The summed E-state index contributed by atoms with van der Waals surface area (Å²) in [5, 5.41) is 9.47. The maximum atomic E-state index is 11.5. The highest BCUT2D eigenvalue weighted by molar-refractivity contribution is 5.81. The highest BCUT2D eigenvalue weighted by Gasteiger charge is 2.11. The van der Waals surface area contributed by atoms with Crippen LogP contribution in [0.4, 0.5) is 0 Å². The Labute approximate surface area is 100 Å². The number of hydrogen-bond donors (Lipinski definition) is 2. The van der Waals surface area contributed by atoms with Crippen LogP contribution in [0.15, 0.2) is 17.2 Å². The van der Waals surface area contributed by atoms with Gasteiger partial charge in [-0.25, -0.2) is 0 Å². The lowest BCUT2D eigenvalue weighted by molar-refractivity contribution is -0.122. The number of nitrogens with one attached hydrogen (secondary N) is 2. The third kappa shape index (κ3) is 4.78. The second kappa shape index (κ2) is 6.80. The SMILES string of the molecule is C=CCNC(=O)C(C)NCCc1nc(C)no1. The van der Waals surface area contributed by atoms with Gasteiger partial charge in [0.1, 0.15) is 0 Å². The smallest absolute Gasteiger partial charge is 0.237 e. The molecule has 1 heterocycles. The molecule has 1 atom stereocenters. The van der Waals surface area contributed by atoms with Crippen molar-refractivity contribution in [3.63, 3.8) is 0 Å². The second-order valence-electron chi connectivity index (χ2n) is 3.69. The molecule has 0 bridgehead atoms. The topological polar surface area (TPSA) is 80.0 Å². The molecule has 17 heavy (non-hydrogen) atoms. The molecule has 0 aromatic carbocycles. The van der Waals surface area contributed by atoms with Gasteiger partial charge in [-0.2, -0.15) is 4.98 Å². The van der Waals surface area contributed by atoms with Crippen LogP contribution < -0.4 is 10.6 Å². The number of nitrogens with zero attached hydrogens (tertiary/aromatic N) is 2. The van der Waals surface area contributed by atoms with Crippen molar-refractivity contribution in [3.8, 4) is 0 Å². The fourth-order valence-corrected chi connectivity index (χ4v) is 1.26. The third-order valence-corrected chi connectivity index (χ3v) is 2.17. The summed E-state index contributed by atoms with van der Waals surface area (Å²) >= 11 is 0. The highest BCUT2D eigenvalue weighted by Crippen LogP contribution is 1.96. The summed E-state index contributed by atoms with van der Waals surface area (Å²) in [6.07, 6.45) is 2.26. The van der Waals surface area contributed by atoms with E-state index >= 15 is 0 Å². The lowest BCUT2D eigenvalue weighted by atomic mass is 10.3. The van der Waals surface area contributed by atoms with E-state index in [4.69, 9.17) is 4.52 Å². The maximum Gasteiger partial charge on any atom is 0.237 e. The molecule has 1 unspecified atom stereocenters. The first-order valence-corrected chi connectivity index (χ1v) is 5.54. The van der Waals surface area contributed by atoms with Gasteiger partial charge in [0.2, 0.25) is 11.8 Å². The van der Waals surface area contributed by atoms with Gasteiger partial charge in [0.15, 0.2) is 5.82 Å².